The van der Waals surface area contributed by atoms with Gasteiger partial charge in [0, 0.05) is 0 Å². The summed E-state index contributed by atoms with van der Waals surface area (Å²) in [5, 5.41) is 7.76. The Hall–Kier alpha value is -0.353. The Kier molecular flexibility index (Phi) is 2.69. The molecular weight excluding hydrogens is 100 g/mol. The molecule has 0 amide bonds. The zero-order valence-electron chi connectivity index (χ0n) is 2.97. The molecule has 0 spiro atoms. The monoisotopic (exact) mass is 103 g/mol. The molecule has 3 nitrogen and oxygen atoms in total. The van der Waals surface area contributed by atoms with Gasteiger partial charge in [0.1, 0.15) is 6.61 Å². The van der Waals surface area contributed by atoms with Gasteiger partial charge in [0.05, 0.1) is 0 Å². The quantitative estimate of drug-likeness (QED) is 0.464. The smallest absolute Gasteiger partial charge is 0.328 e. The van der Waals surface area contributed by atoms with Crippen LogP contribution < -0.4 is 0 Å². The van der Waals surface area contributed by atoms with Crippen LogP contribution >= 0.6 is 0 Å². The maximum absolute atomic E-state index is 9.44. The Morgan fingerprint density at radius 1 is 2.00 bits per heavy atom. The van der Waals surface area contributed by atoms with E-state index < -0.39 is 5.97 Å². The van der Waals surface area contributed by atoms with Gasteiger partial charge in [0.2, 0.25) is 10.5 Å². The summed E-state index contributed by atoms with van der Waals surface area (Å²) in [4.78, 5) is 9.44. The Labute approximate surface area is 38.5 Å². The number of hydrogen-bond acceptors (Lipinski definition) is 2. The molecule has 0 saturated carbocycles. The number of aliphatic carboxylic acids is 1. The third kappa shape index (κ3) is 3.65. The van der Waals surface area contributed by atoms with Crippen LogP contribution in [0.25, 0.3) is 0 Å². The number of carboxylic acid groups (broad SMARTS) is 1. The molecule has 0 aliphatic carbocycles. The van der Waals surface area contributed by atoms with Gasteiger partial charge in [-0.15, -0.1) is 0 Å². The Balaban J connectivity index is 2.83. The van der Waals surface area contributed by atoms with Crippen LogP contribution in [0.1, 0.15) is 0 Å². The molecule has 0 aromatic carbocycles. The second-order valence-corrected chi connectivity index (χ2v) is 0.971. The summed E-state index contributed by atoms with van der Waals surface area (Å²) >= 11 is 0. The van der Waals surface area contributed by atoms with Crippen molar-refractivity contribution in [3.05, 3.63) is 0 Å². The minimum Gasteiger partial charge on any atom is -0.480 e. The minimum absolute atomic E-state index is 0.295. The van der Waals surface area contributed by atoms with E-state index in [1.165, 1.54) is 0 Å². The van der Waals surface area contributed by atoms with Gasteiger partial charge >= 0.3 is 5.97 Å². The van der Waals surface area contributed by atoms with Crippen molar-refractivity contribution >= 4 is 16.5 Å². The van der Waals surface area contributed by atoms with Gasteiger partial charge in [-0.2, -0.15) is 0 Å². The van der Waals surface area contributed by atoms with E-state index in [1.807, 2.05) is 0 Å². The molecule has 0 aliphatic rings. The molecule has 0 bridgehead atoms. The molecular formula is C2H3O3Si. The molecule has 0 fully saturated rings. The van der Waals surface area contributed by atoms with Crippen LogP contribution in [0.5, 0.6) is 0 Å². The highest BCUT2D eigenvalue weighted by Gasteiger charge is 1.87. The first-order valence-corrected chi connectivity index (χ1v) is 1.68. The van der Waals surface area contributed by atoms with Crippen molar-refractivity contribution < 1.29 is 14.3 Å². The zero-order valence-corrected chi connectivity index (χ0v) is 3.97. The van der Waals surface area contributed by atoms with Crippen LogP contribution in [0.15, 0.2) is 0 Å². The molecule has 0 aromatic rings. The van der Waals surface area contributed by atoms with Crippen LogP contribution in [0.3, 0.4) is 0 Å². The largest absolute Gasteiger partial charge is 0.480 e. The summed E-state index contributed by atoms with van der Waals surface area (Å²) in [7, 11) is 2.51. The number of rotatable bonds is 2. The SMILES string of the molecule is O=C(O)CO[Si]. The van der Waals surface area contributed by atoms with Crippen LogP contribution in [-0.2, 0) is 9.22 Å². The Morgan fingerprint density at radius 3 is 2.50 bits per heavy atom. The van der Waals surface area contributed by atoms with E-state index in [4.69, 9.17) is 5.11 Å². The number of hydrogen-bond donors (Lipinski definition) is 1. The van der Waals surface area contributed by atoms with E-state index in [1.54, 1.807) is 0 Å². The number of carbonyl (C=O) groups is 1. The Morgan fingerprint density at radius 2 is 2.50 bits per heavy atom. The molecule has 0 rings (SSSR count). The average molecular weight is 103 g/mol. The van der Waals surface area contributed by atoms with E-state index >= 15 is 0 Å². The molecule has 3 radical (unpaired) electrons. The van der Waals surface area contributed by atoms with Crippen molar-refractivity contribution in [3.63, 3.8) is 0 Å². The predicted molar refractivity (Wildman–Crippen MR) is 19.3 cm³/mol. The van der Waals surface area contributed by atoms with Crippen LogP contribution in [0.4, 0.5) is 0 Å². The van der Waals surface area contributed by atoms with E-state index in [9.17, 15) is 4.79 Å². The lowest BCUT2D eigenvalue weighted by Crippen LogP contribution is -2.03. The molecule has 33 valence electrons. The third-order valence-electron chi connectivity index (χ3n) is 0.196. The average Bonchev–Trinajstić information content (AvgIpc) is 1.35. The second kappa shape index (κ2) is 2.86. The Bertz CT molecular complexity index is 52.8. The summed E-state index contributed by atoms with van der Waals surface area (Å²) in [5.74, 6) is -0.981. The first-order chi connectivity index (χ1) is 2.77. The van der Waals surface area contributed by atoms with Crippen molar-refractivity contribution in [3.8, 4) is 0 Å². The summed E-state index contributed by atoms with van der Waals surface area (Å²) in [5.41, 5.74) is 0. The molecule has 1 N–H and O–H groups in total. The highest BCUT2D eigenvalue weighted by atomic mass is 28.2. The maximum atomic E-state index is 9.44. The van der Waals surface area contributed by atoms with Gasteiger partial charge in [-0.05, 0) is 0 Å². The fourth-order valence-corrected chi connectivity index (χ4v) is 0.185. The number of carboxylic acids is 1. The summed E-state index contributed by atoms with van der Waals surface area (Å²) < 4.78 is 4.01. The normalized spacial score (nSPS) is 8.17. The van der Waals surface area contributed by atoms with Crippen molar-refractivity contribution in [1.82, 2.24) is 0 Å². The van der Waals surface area contributed by atoms with Gasteiger partial charge in [-0.25, -0.2) is 4.79 Å². The predicted octanol–water partition coefficient (Wildman–Crippen LogP) is -0.829. The molecule has 6 heavy (non-hydrogen) atoms. The maximum Gasteiger partial charge on any atom is 0.328 e. The van der Waals surface area contributed by atoms with Gasteiger partial charge in [0.25, 0.3) is 0 Å². The highest BCUT2D eigenvalue weighted by molar-refractivity contribution is 5.98. The molecule has 4 heteroatoms. The van der Waals surface area contributed by atoms with Crippen LogP contribution in [0.2, 0.25) is 0 Å². The molecule has 0 unspecified atom stereocenters. The van der Waals surface area contributed by atoms with Crippen molar-refractivity contribution in [2.24, 2.45) is 0 Å². The van der Waals surface area contributed by atoms with E-state index in [-0.39, 0.29) is 6.61 Å². The summed E-state index contributed by atoms with van der Waals surface area (Å²) in [6.07, 6.45) is 0. The highest BCUT2D eigenvalue weighted by Crippen LogP contribution is 1.60. The third-order valence-corrected chi connectivity index (χ3v) is 0.340. The second-order valence-electron chi connectivity index (χ2n) is 0.682. The van der Waals surface area contributed by atoms with Crippen LogP contribution in [0, 0.1) is 0 Å². The van der Waals surface area contributed by atoms with Crippen LogP contribution in [-0.4, -0.2) is 28.2 Å². The zero-order chi connectivity index (χ0) is 4.99. The topological polar surface area (TPSA) is 46.5 Å². The van der Waals surface area contributed by atoms with E-state index in [2.05, 4.69) is 14.9 Å². The molecule has 0 heterocycles. The van der Waals surface area contributed by atoms with Gasteiger partial charge in [-0.3, -0.25) is 0 Å². The standard InChI is InChI=1S/C2H3O3Si/c3-2(4)1-5-6/h1H2,(H,3,4). The fraction of sp³-hybridized carbons (Fsp3) is 0.500. The lowest BCUT2D eigenvalue weighted by molar-refractivity contribution is -0.139. The van der Waals surface area contributed by atoms with E-state index in [0.29, 0.717) is 0 Å². The summed E-state index contributed by atoms with van der Waals surface area (Å²) in [6.45, 7) is -0.295. The van der Waals surface area contributed by atoms with Gasteiger partial charge in [-0.1, -0.05) is 0 Å². The first kappa shape index (κ1) is 5.65. The minimum atomic E-state index is -0.981. The van der Waals surface area contributed by atoms with Gasteiger partial charge in [0.15, 0.2) is 0 Å². The summed E-state index contributed by atoms with van der Waals surface area (Å²) in [6, 6.07) is 0. The first-order valence-electron chi connectivity index (χ1n) is 1.27. The van der Waals surface area contributed by atoms with E-state index in [0.717, 1.165) is 0 Å². The molecule has 0 aliphatic heterocycles. The lowest BCUT2D eigenvalue weighted by Gasteiger charge is -1.83. The molecule has 0 saturated heterocycles. The van der Waals surface area contributed by atoms with Gasteiger partial charge < -0.3 is 9.53 Å². The van der Waals surface area contributed by atoms with Crippen molar-refractivity contribution in [2.75, 3.05) is 6.61 Å². The lowest BCUT2D eigenvalue weighted by atomic mass is 10.8. The van der Waals surface area contributed by atoms with Crippen molar-refractivity contribution in [1.29, 1.82) is 0 Å². The molecule has 0 atom stereocenters. The molecule has 0 aromatic heterocycles. The van der Waals surface area contributed by atoms with Crippen molar-refractivity contribution in [2.45, 2.75) is 0 Å². The fourth-order valence-electron chi connectivity index (χ4n) is 0.0617.